The lowest BCUT2D eigenvalue weighted by molar-refractivity contribution is -0.154. The van der Waals surface area contributed by atoms with Crippen molar-refractivity contribution in [2.24, 2.45) is 17.8 Å². The van der Waals surface area contributed by atoms with Crippen LogP contribution in [0.3, 0.4) is 0 Å². The summed E-state index contributed by atoms with van der Waals surface area (Å²) in [5.74, 6) is 2.17. The van der Waals surface area contributed by atoms with E-state index in [0.29, 0.717) is 12.3 Å². The maximum atomic E-state index is 11.4. The minimum atomic E-state index is 0.0103. The predicted molar refractivity (Wildman–Crippen MR) is 80.2 cm³/mol. The Hall–Kier alpha value is -1.05. The van der Waals surface area contributed by atoms with E-state index < -0.39 is 0 Å². The van der Waals surface area contributed by atoms with Gasteiger partial charge in [-0.3, -0.25) is 4.79 Å². The Balaban J connectivity index is 1.61. The summed E-state index contributed by atoms with van der Waals surface area (Å²) in [6, 6.07) is 0. The fourth-order valence-electron chi connectivity index (χ4n) is 4.17. The lowest BCUT2D eigenvalue weighted by Gasteiger charge is -2.38. The number of hydrogen-bond donors (Lipinski definition) is 0. The molecule has 1 aliphatic heterocycles. The van der Waals surface area contributed by atoms with E-state index in [2.05, 4.69) is 25.2 Å². The standard InChI is InChI=1S/C18H26O2/c1-13-9-10-14-5-2-3-7-17(14)16(13)12-11-15-6-4-8-18(19)20-15/h5,9-10,13,15-17H,2-4,6-8,11-12H2,1H3/t13?,15?,16?,17-/m0/s1. The SMILES string of the molecule is CC1C=CC2=CCCC[C@@H]2C1CCC1CCCC(=O)O1. The third-order valence-corrected chi connectivity index (χ3v) is 5.34. The van der Waals surface area contributed by atoms with Gasteiger partial charge < -0.3 is 4.74 Å². The number of fused-ring (bicyclic) bond motifs is 1. The van der Waals surface area contributed by atoms with Gasteiger partial charge in [0.05, 0.1) is 0 Å². The fraction of sp³-hybridized carbons (Fsp3) is 0.722. The first-order chi connectivity index (χ1) is 9.74. The molecule has 3 unspecified atom stereocenters. The molecule has 4 atom stereocenters. The zero-order valence-electron chi connectivity index (χ0n) is 12.5. The summed E-state index contributed by atoms with van der Waals surface area (Å²) in [6.07, 6.45) is 16.2. The third-order valence-electron chi connectivity index (χ3n) is 5.34. The van der Waals surface area contributed by atoms with E-state index in [1.165, 1.54) is 25.7 Å². The minimum Gasteiger partial charge on any atom is -0.462 e. The first kappa shape index (κ1) is 13.9. The molecule has 0 spiro atoms. The van der Waals surface area contributed by atoms with Crippen LogP contribution >= 0.6 is 0 Å². The lowest BCUT2D eigenvalue weighted by Crippen LogP contribution is -2.30. The van der Waals surface area contributed by atoms with Crippen molar-refractivity contribution >= 4 is 5.97 Å². The second-order valence-electron chi connectivity index (χ2n) is 6.71. The molecule has 2 heteroatoms. The summed E-state index contributed by atoms with van der Waals surface area (Å²) < 4.78 is 5.48. The van der Waals surface area contributed by atoms with Gasteiger partial charge in [0.1, 0.15) is 6.10 Å². The first-order valence-electron chi connectivity index (χ1n) is 8.32. The Morgan fingerprint density at radius 1 is 1.25 bits per heavy atom. The summed E-state index contributed by atoms with van der Waals surface area (Å²) in [7, 11) is 0. The smallest absolute Gasteiger partial charge is 0.306 e. The van der Waals surface area contributed by atoms with Gasteiger partial charge in [-0.05, 0) is 68.3 Å². The van der Waals surface area contributed by atoms with E-state index >= 15 is 0 Å². The number of esters is 1. The lowest BCUT2D eigenvalue weighted by atomic mass is 9.68. The van der Waals surface area contributed by atoms with Gasteiger partial charge in [0.25, 0.3) is 0 Å². The normalized spacial score (nSPS) is 37.0. The van der Waals surface area contributed by atoms with Gasteiger partial charge in [-0.1, -0.05) is 25.2 Å². The Kier molecular flexibility index (Phi) is 4.28. The van der Waals surface area contributed by atoms with Crippen molar-refractivity contribution in [1.29, 1.82) is 0 Å². The highest BCUT2D eigenvalue weighted by atomic mass is 16.5. The molecule has 1 fully saturated rings. The monoisotopic (exact) mass is 274 g/mol. The Morgan fingerprint density at radius 2 is 2.15 bits per heavy atom. The molecule has 0 amide bonds. The van der Waals surface area contributed by atoms with E-state index in [-0.39, 0.29) is 12.1 Å². The molecule has 1 saturated heterocycles. The van der Waals surface area contributed by atoms with Crippen LogP contribution in [0.25, 0.3) is 0 Å². The minimum absolute atomic E-state index is 0.0103. The first-order valence-corrected chi connectivity index (χ1v) is 8.32. The highest BCUT2D eigenvalue weighted by molar-refractivity contribution is 5.70. The van der Waals surface area contributed by atoms with Crippen LogP contribution in [0.5, 0.6) is 0 Å². The topological polar surface area (TPSA) is 26.3 Å². The highest BCUT2D eigenvalue weighted by Crippen LogP contribution is 2.42. The quantitative estimate of drug-likeness (QED) is 0.712. The molecular weight excluding hydrogens is 248 g/mol. The van der Waals surface area contributed by atoms with Gasteiger partial charge in [-0.25, -0.2) is 0 Å². The summed E-state index contributed by atoms with van der Waals surface area (Å²) in [4.78, 5) is 11.4. The molecule has 0 N–H and O–H groups in total. The highest BCUT2D eigenvalue weighted by Gasteiger charge is 2.32. The van der Waals surface area contributed by atoms with Crippen LogP contribution in [0.15, 0.2) is 23.8 Å². The average Bonchev–Trinajstić information content (AvgIpc) is 2.46. The number of allylic oxidation sites excluding steroid dienone is 4. The Morgan fingerprint density at radius 3 is 3.00 bits per heavy atom. The molecule has 2 nitrogen and oxygen atoms in total. The molecule has 0 aromatic carbocycles. The van der Waals surface area contributed by atoms with Gasteiger partial charge in [-0.2, -0.15) is 0 Å². The van der Waals surface area contributed by atoms with Gasteiger partial charge >= 0.3 is 5.97 Å². The predicted octanol–water partition coefficient (Wildman–Crippen LogP) is 4.41. The van der Waals surface area contributed by atoms with Crippen LogP contribution in [0.4, 0.5) is 0 Å². The molecule has 0 aromatic heterocycles. The summed E-state index contributed by atoms with van der Waals surface area (Å²) in [5, 5.41) is 0. The molecule has 3 rings (SSSR count). The number of ether oxygens (including phenoxy) is 1. The second-order valence-corrected chi connectivity index (χ2v) is 6.71. The maximum absolute atomic E-state index is 11.4. The van der Waals surface area contributed by atoms with Gasteiger partial charge in [0.15, 0.2) is 0 Å². The maximum Gasteiger partial charge on any atom is 0.306 e. The third kappa shape index (κ3) is 2.99. The van der Waals surface area contributed by atoms with Gasteiger partial charge in [0.2, 0.25) is 0 Å². The van der Waals surface area contributed by atoms with Crippen molar-refractivity contribution < 1.29 is 9.53 Å². The van der Waals surface area contributed by atoms with Crippen molar-refractivity contribution in [2.75, 3.05) is 0 Å². The van der Waals surface area contributed by atoms with Crippen LogP contribution in [-0.2, 0) is 9.53 Å². The van der Waals surface area contributed by atoms with Crippen molar-refractivity contribution in [2.45, 2.75) is 64.4 Å². The number of cyclic esters (lactones) is 1. The molecule has 0 bridgehead atoms. The summed E-state index contributed by atoms with van der Waals surface area (Å²) in [5.41, 5.74) is 1.57. The number of carbonyl (C=O) groups excluding carboxylic acids is 1. The fourth-order valence-corrected chi connectivity index (χ4v) is 4.17. The number of rotatable bonds is 3. The summed E-state index contributed by atoms with van der Waals surface area (Å²) >= 11 is 0. The van der Waals surface area contributed by atoms with Crippen molar-refractivity contribution in [3.05, 3.63) is 23.8 Å². The average molecular weight is 274 g/mol. The van der Waals surface area contributed by atoms with Crippen LogP contribution < -0.4 is 0 Å². The van der Waals surface area contributed by atoms with Crippen molar-refractivity contribution in [1.82, 2.24) is 0 Å². The van der Waals surface area contributed by atoms with E-state index in [1.54, 1.807) is 5.57 Å². The Labute approximate surface area is 122 Å². The van der Waals surface area contributed by atoms with E-state index in [4.69, 9.17) is 4.74 Å². The molecular formula is C18H26O2. The van der Waals surface area contributed by atoms with E-state index in [9.17, 15) is 4.79 Å². The molecule has 3 aliphatic rings. The van der Waals surface area contributed by atoms with Crippen LogP contribution in [-0.4, -0.2) is 12.1 Å². The largest absolute Gasteiger partial charge is 0.462 e. The molecule has 1 heterocycles. The number of hydrogen-bond acceptors (Lipinski definition) is 2. The van der Waals surface area contributed by atoms with E-state index in [1.807, 2.05) is 0 Å². The second kappa shape index (κ2) is 6.15. The van der Waals surface area contributed by atoms with Crippen LogP contribution in [0, 0.1) is 17.8 Å². The molecule has 0 aromatic rings. The van der Waals surface area contributed by atoms with Gasteiger partial charge in [-0.15, -0.1) is 0 Å². The zero-order chi connectivity index (χ0) is 13.9. The van der Waals surface area contributed by atoms with Gasteiger partial charge in [0, 0.05) is 6.42 Å². The molecule has 0 radical (unpaired) electrons. The Bertz CT molecular complexity index is 421. The molecule has 110 valence electrons. The summed E-state index contributed by atoms with van der Waals surface area (Å²) in [6.45, 7) is 2.35. The zero-order valence-corrected chi connectivity index (χ0v) is 12.5. The van der Waals surface area contributed by atoms with Crippen molar-refractivity contribution in [3.8, 4) is 0 Å². The molecule has 20 heavy (non-hydrogen) atoms. The van der Waals surface area contributed by atoms with E-state index in [0.717, 1.165) is 31.1 Å². The molecule has 2 aliphatic carbocycles. The number of carbonyl (C=O) groups is 1. The van der Waals surface area contributed by atoms with Crippen LogP contribution in [0.2, 0.25) is 0 Å². The van der Waals surface area contributed by atoms with Crippen LogP contribution in [0.1, 0.15) is 58.3 Å². The molecule has 0 saturated carbocycles. The van der Waals surface area contributed by atoms with Crippen molar-refractivity contribution in [3.63, 3.8) is 0 Å².